The van der Waals surface area contributed by atoms with Crippen LogP contribution < -0.4 is 0 Å². The predicted molar refractivity (Wildman–Crippen MR) is 44.4 cm³/mol. The van der Waals surface area contributed by atoms with Gasteiger partial charge in [-0.25, -0.2) is 4.39 Å². The van der Waals surface area contributed by atoms with Crippen LogP contribution >= 0.6 is 0 Å². The summed E-state index contributed by atoms with van der Waals surface area (Å²) in [6, 6.07) is 1.31. The normalized spacial score (nSPS) is 9.86. The quantitative estimate of drug-likeness (QED) is 0.539. The monoisotopic (exact) mass is 200 g/mol. The molecule has 0 fully saturated rings. The first-order valence-electron chi connectivity index (χ1n) is 3.52. The van der Waals surface area contributed by atoms with Gasteiger partial charge in [0.1, 0.15) is 11.4 Å². The highest BCUT2D eigenvalue weighted by Gasteiger charge is 2.22. The topological polar surface area (TPSA) is 86.3 Å². The number of nitrogens with zero attached hydrogens (tertiary/aromatic N) is 2. The molecule has 74 valence electrons. The molecule has 0 saturated heterocycles. The van der Waals surface area contributed by atoms with E-state index >= 15 is 0 Å². The van der Waals surface area contributed by atoms with E-state index in [-0.39, 0.29) is 5.56 Å². The summed E-state index contributed by atoms with van der Waals surface area (Å²) in [4.78, 5) is 19.0. The van der Waals surface area contributed by atoms with Crippen molar-refractivity contribution in [2.75, 3.05) is 0 Å². The third kappa shape index (κ3) is 1.65. The molecule has 0 spiro atoms. The molecule has 0 heterocycles. The standard InChI is InChI=1S/C7H5FN2O4/c1-4-6(9(11)12)2-5(8)3-7(4)10(13)14/h2-3H,1H3. The number of rotatable bonds is 2. The molecule has 0 saturated carbocycles. The highest BCUT2D eigenvalue weighted by Crippen LogP contribution is 2.28. The smallest absolute Gasteiger partial charge is 0.258 e. The lowest BCUT2D eigenvalue weighted by Gasteiger charge is -1.98. The summed E-state index contributed by atoms with van der Waals surface area (Å²) in [5, 5.41) is 20.7. The van der Waals surface area contributed by atoms with Crippen LogP contribution in [0.4, 0.5) is 15.8 Å². The number of hydrogen-bond acceptors (Lipinski definition) is 4. The van der Waals surface area contributed by atoms with Gasteiger partial charge in [0, 0.05) is 0 Å². The lowest BCUT2D eigenvalue weighted by molar-refractivity contribution is -0.395. The summed E-state index contributed by atoms with van der Waals surface area (Å²) in [5.41, 5.74) is -1.32. The van der Waals surface area contributed by atoms with Gasteiger partial charge >= 0.3 is 0 Å². The zero-order valence-corrected chi connectivity index (χ0v) is 7.06. The third-order valence-corrected chi connectivity index (χ3v) is 1.71. The van der Waals surface area contributed by atoms with Crippen molar-refractivity contribution in [3.63, 3.8) is 0 Å². The molecule has 0 aliphatic rings. The van der Waals surface area contributed by atoms with E-state index in [1.807, 2.05) is 0 Å². The zero-order chi connectivity index (χ0) is 10.9. The average Bonchev–Trinajstić information content (AvgIpc) is 2.07. The van der Waals surface area contributed by atoms with E-state index in [0.717, 1.165) is 0 Å². The molecule has 0 N–H and O–H groups in total. The molecule has 1 rings (SSSR count). The SMILES string of the molecule is Cc1c([N+](=O)[O-])cc(F)cc1[N+](=O)[O-]. The Bertz CT molecular complexity index is 383. The van der Waals surface area contributed by atoms with Crippen molar-refractivity contribution in [2.24, 2.45) is 0 Å². The van der Waals surface area contributed by atoms with Crippen LogP contribution in [0.15, 0.2) is 12.1 Å². The minimum absolute atomic E-state index is 0.151. The second-order valence-corrected chi connectivity index (χ2v) is 2.58. The van der Waals surface area contributed by atoms with Gasteiger partial charge in [-0.2, -0.15) is 0 Å². The maximum Gasteiger partial charge on any atom is 0.282 e. The van der Waals surface area contributed by atoms with Gasteiger partial charge in [-0.3, -0.25) is 20.2 Å². The number of nitro groups is 2. The number of nitro benzene ring substituents is 2. The van der Waals surface area contributed by atoms with Gasteiger partial charge in [0.05, 0.1) is 22.0 Å². The van der Waals surface area contributed by atoms with Crippen LogP contribution in [0.25, 0.3) is 0 Å². The third-order valence-electron chi connectivity index (χ3n) is 1.71. The fraction of sp³-hybridized carbons (Fsp3) is 0.143. The molecule has 0 amide bonds. The highest BCUT2D eigenvalue weighted by atomic mass is 19.1. The molecule has 14 heavy (non-hydrogen) atoms. The van der Waals surface area contributed by atoms with Crippen molar-refractivity contribution < 1.29 is 14.2 Å². The van der Waals surface area contributed by atoms with E-state index in [0.29, 0.717) is 12.1 Å². The number of halogens is 1. The Morgan fingerprint density at radius 2 is 1.50 bits per heavy atom. The summed E-state index contributed by atoms with van der Waals surface area (Å²) in [6.45, 7) is 1.20. The van der Waals surface area contributed by atoms with Crippen LogP contribution in [0.2, 0.25) is 0 Å². The van der Waals surface area contributed by atoms with Crippen LogP contribution in [-0.2, 0) is 0 Å². The van der Waals surface area contributed by atoms with E-state index < -0.39 is 27.0 Å². The molecule has 0 unspecified atom stereocenters. The molecule has 0 aromatic heterocycles. The van der Waals surface area contributed by atoms with Crippen molar-refractivity contribution >= 4 is 11.4 Å². The highest BCUT2D eigenvalue weighted by molar-refractivity contribution is 5.52. The van der Waals surface area contributed by atoms with E-state index in [4.69, 9.17) is 0 Å². The minimum atomic E-state index is -0.992. The Hall–Kier alpha value is -2.05. The van der Waals surface area contributed by atoms with Crippen LogP contribution in [-0.4, -0.2) is 9.85 Å². The van der Waals surface area contributed by atoms with Crippen LogP contribution in [0.3, 0.4) is 0 Å². The van der Waals surface area contributed by atoms with Gasteiger partial charge in [-0.15, -0.1) is 0 Å². The van der Waals surface area contributed by atoms with Gasteiger partial charge in [0.15, 0.2) is 0 Å². The lowest BCUT2D eigenvalue weighted by Crippen LogP contribution is -1.98. The maximum absolute atomic E-state index is 12.7. The molecule has 1 aromatic rings. The Morgan fingerprint density at radius 1 is 1.14 bits per heavy atom. The van der Waals surface area contributed by atoms with Crippen molar-refractivity contribution in [3.8, 4) is 0 Å². The first-order valence-corrected chi connectivity index (χ1v) is 3.52. The lowest BCUT2D eigenvalue weighted by atomic mass is 10.1. The van der Waals surface area contributed by atoms with E-state index in [1.165, 1.54) is 6.92 Å². The predicted octanol–water partition coefficient (Wildman–Crippen LogP) is 1.95. The zero-order valence-electron chi connectivity index (χ0n) is 7.06. The van der Waals surface area contributed by atoms with Gasteiger partial charge in [-0.1, -0.05) is 0 Å². The van der Waals surface area contributed by atoms with Gasteiger partial charge in [0.2, 0.25) is 0 Å². The molecule has 0 aliphatic heterocycles. The van der Waals surface area contributed by atoms with Crippen LogP contribution in [0, 0.1) is 33.0 Å². The van der Waals surface area contributed by atoms with E-state index in [9.17, 15) is 24.6 Å². The minimum Gasteiger partial charge on any atom is -0.258 e. The van der Waals surface area contributed by atoms with E-state index in [1.54, 1.807) is 0 Å². The Balaban J connectivity index is 3.47. The molecular weight excluding hydrogens is 195 g/mol. The van der Waals surface area contributed by atoms with Gasteiger partial charge < -0.3 is 0 Å². The fourth-order valence-corrected chi connectivity index (χ4v) is 1.03. The molecular formula is C7H5FN2O4. The van der Waals surface area contributed by atoms with Crippen LogP contribution in [0.1, 0.15) is 5.56 Å². The average molecular weight is 200 g/mol. The summed E-state index contributed by atoms with van der Waals surface area (Å²) in [7, 11) is 0. The Morgan fingerprint density at radius 3 is 1.79 bits per heavy atom. The second kappa shape index (κ2) is 3.36. The summed E-state index contributed by atoms with van der Waals surface area (Å²) < 4.78 is 12.7. The molecule has 0 atom stereocenters. The first kappa shape index (κ1) is 10.0. The van der Waals surface area contributed by atoms with Gasteiger partial charge in [0.25, 0.3) is 11.4 Å². The maximum atomic E-state index is 12.7. The van der Waals surface area contributed by atoms with E-state index in [2.05, 4.69) is 0 Å². The number of hydrogen-bond donors (Lipinski definition) is 0. The molecule has 6 nitrogen and oxygen atoms in total. The molecule has 7 heteroatoms. The molecule has 0 bridgehead atoms. The fourth-order valence-electron chi connectivity index (χ4n) is 1.03. The Labute approximate surface area is 77.3 Å². The van der Waals surface area contributed by atoms with Crippen molar-refractivity contribution in [3.05, 3.63) is 43.7 Å². The summed E-state index contributed by atoms with van der Waals surface area (Å²) >= 11 is 0. The van der Waals surface area contributed by atoms with Crippen molar-refractivity contribution in [1.82, 2.24) is 0 Å². The number of benzene rings is 1. The molecule has 0 radical (unpaired) electrons. The summed E-state index contributed by atoms with van der Waals surface area (Å²) in [5.74, 6) is -0.992. The molecule has 1 aromatic carbocycles. The molecule has 0 aliphatic carbocycles. The largest absolute Gasteiger partial charge is 0.282 e. The Kier molecular flexibility index (Phi) is 2.41. The second-order valence-electron chi connectivity index (χ2n) is 2.58. The van der Waals surface area contributed by atoms with Crippen molar-refractivity contribution in [1.29, 1.82) is 0 Å². The van der Waals surface area contributed by atoms with Crippen molar-refractivity contribution in [2.45, 2.75) is 6.92 Å². The van der Waals surface area contributed by atoms with Crippen LogP contribution in [0.5, 0.6) is 0 Å². The first-order chi connectivity index (χ1) is 6.43. The van der Waals surface area contributed by atoms with Gasteiger partial charge in [-0.05, 0) is 6.92 Å². The summed E-state index contributed by atoms with van der Waals surface area (Å²) in [6.07, 6.45) is 0.